The summed E-state index contributed by atoms with van der Waals surface area (Å²) in [6.07, 6.45) is 3.66. The molecule has 0 spiro atoms. The zero-order chi connectivity index (χ0) is 18.2. The molecule has 6 heteroatoms. The van der Waals surface area contributed by atoms with Gasteiger partial charge in [-0.2, -0.15) is 0 Å². The highest BCUT2D eigenvalue weighted by molar-refractivity contribution is 5.97. The standard InChI is InChI=1S/C19H17F2NO3/c1-25-19(24)17(9-5-8-13-6-3-2-4-7-13)22-18(23)15-11-10-14(20)12-16(15)21/h2-8,10-12,17H,9H2,1H3,(H,22,23)/b8-5+/t17-/m1/s1. The third kappa shape index (κ3) is 5.24. The summed E-state index contributed by atoms with van der Waals surface area (Å²) in [5.74, 6) is -3.26. The fourth-order valence-electron chi connectivity index (χ4n) is 2.17. The summed E-state index contributed by atoms with van der Waals surface area (Å²) >= 11 is 0. The van der Waals surface area contributed by atoms with Crippen LogP contribution in [0.2, 0.25) is 0 Å². The number of hydrogen-bond donors (Lipinski definition) is 1. The molecule has 0 saturated heterocycles. The van der Waals surface area contributed by atoms with Crippen LogP contribution in [0.1, 0.15) is 22.3 Å². The Morgan fingerprint density at radius 2 is 1.88 bits per heavy atom. The molecule has 0 fully saturated rings. The number of carbonyl (C=O) groups is 2. The van der Waals surface area contributed by atoms with Crippen molar-refractivity contribution in [3.8, 4) is 0 Å². The maximum atomic E-state index is 13.7. The SMILES string of the molecule is COC(=O)[C@@H](C/C=C/c1ccccc1)NC(=O)c1ccc(F)cc1F. The van der Waals surface area contributed by atoms with Crippen molar-refractivity contribution in [1.29, 1.82) is 0 Å². The van der Waals surface area contributed by atoms with Gasteiger partial charge in [0.1, 0.15) is 17.7 Å². The van der Waals surface area contributed by atoms with Crippen LogP contribution >= 0.6 is 0 Å². The monoisotopic (exact) mass is 345 g/mol. The zero-order valence-electron chi connectivity index (χ0n) is 13.5. The molecular formula is C19H17F2NO3. The predicted octanol–water partition coefficient (Wildman–Crippen LogP) is 3.34. The third-order valence-corrected chi connectivity index (χ3v) is 3.45. The largest absolute Gasteiger partial charge is 0.467 e. The lowest BCUT2D eigenvalue weighted by molar-refractivity contribution is -0.142. The highest BCUT2D eigenvalue weighted by atomic mass is 19.1. The summed E-state index contributed by atoms with van der Waals surface area (Å²) in [6, 6.07) is 11.0. The second kappa shape index (κ2) is 8.73. The van der Waals surface area contributed by atoms with Gasteiger partial charge in [0.25, 0.3) is 5.91 Å². The van der Waals surface area contributed by atoms with E-state index in [0.717, 1.165) is 17.7 Å². The summed E-state index contributed by atoms with van der Waals surface area (Å²) in [5, 5.41) is 2.40. The molecule has 0 unspecified atom stereocenters. The van der Waals surface area contributed by atoms with E-state index in [1.54, 1.807) is 12.2 Å². The zero-order valence-corrected chi connectivity index (χ0v) is 13.5. The normalized spacial score (nSPS) is 12.0. The van der Waals surface area contributed by atoms with Gasteiger partial charge < -0.3 is 10.1 Å². The Hall–Kier alpha value is -3.02. The highest BCUT2D eigenvalue weighted by Gasteiger charge is 2.22. The first-order valence-corrected chi connectivity index (χ1v) is 7.56. The third-order valence-electron chi connectivity index (χ3n) is 3.45. The summed E-state index contributed by atoms with van der Waals surface area (Å²) in [7, 11) is 1.20. The van der Waals surface area contributed by atoms with Crippen LogP contribution in [0, 0.1) is 11.6 Å². The van der Waals surface area contributed by atoms with Crippen LogP contribution in [-0.2, 0) is 9.53 Å². The fraction of sp³-hybridized carbons (Fsp3) is 0.158. The molecule has 1 amide bonds. The number of amides is 1. The van der Waals surface area contributed by atoms with Crippen LogP contribution in [0.25, 0.3) is 6.08 Å². The van der Waals surface area contributed by atoms with E-state index in [2.05, 4.69) is 10.1 Å². The molecule has 130 valence electrons. The average Bonchev–Trinajstić information content (AvgIpc) is 2.61. The van der Waals surface area contributed by atoms with Gasteiger partial charge in [0.2, 0.25) is 0 Å². The van der Waals surface area contributed by atoms with Gasteiger partial charge in [-0.3, -0.25) is 4.79 Å². The molecular weight excluding hydrogens is 328 g/mol. The quantitative estimate of drug-likeness (QED) is 0.817. The van der Waals surface area contributed by atoms with E-state index in [1.165, 1.54) is 7.11 Å². The van der Waals surface area contributed by atoms with Crippen molar-refractivity contribution in [2.75, 3.05) is 7.11 Å². The van der Waals surface area contributed by atoms with E-state index in [1.807, 2.05) is 30.3 Å². The summed E-state index contributed by atoms with van der Waals surface area (Å²) in [5.41, 5.74) is 0.587. The number of halogens is 2. The molecule has 0 bridgehead atoms. The Kier molecular flexibility index (Phi) is 6.39. The van der Waals surface area contributed by atoms with Crippen LogP contribution in [-0.4, -0.2) is 25.0 Å². The lowest BCUT2D eigenvalue weighted by Crippen LogP contribution is -2.41. The van der Waals surface area contributed by atoms with Crippen molar-refractivity contribution in [2.24, 2.45) is 0 Å². The molecule has 1 N–H and O–H groups in total. The summed E-state index contributed by atoms with van der Waals surface area (Å²) in [6.45, 7) is 0. The second-order valence-corrected chi connectivity index (χ2v) is 5.22. The number of methoxy groups -OCH3 is 1. The van der Waals surface area contributed by atoms with Gasteiger partial charge in [-0.15, -0.1) is 0 Å². The van der Waals surface area contributed by atoms with Gasteiger partial charge in [-0.25, -0.2) is 13.6 Å². The van der Waals surface area contributed by atoms with E-state index < -0.39 is 29.6 Å². The Morgan fingerprint density at radius 1 is 1.16 bits per heavy atom. The predicted molar refractivity (Wildman–Crippen MR) is 89.7 cm³/mol. The van der Waals surface area contributed by atoms with Gasteiger partial charge in [-0.1, -0.05) is 42.5 Å². The van der Waals surface area contributed by atoms with Crippen LogP contribution in [0.5, 0.6) is 0 Å². The minimum Gasteiger partial charge on any atom is -0.467 e. The van der Waals surface area contributed by atoms with Crippen molar-refractivity contribution < 1.29 is 23.1 Å². The van der Waals surface area contributed by atoms with Crippen LogP contribution in [0.3, 0.4) is 0 Å². The molecule has 2 aromatic rings. The van der Waals surface area contributed by atoms with Crippen molar-refractivity contribution >= 4 is 18.0 Å². The molecule has 25 heavy (non-hydrogen) atoms. The number of carbonyl (C=O) groups excluding carboxylic acids is 2. The van der Waals surface area contributed by atoms with E-state index in [9.17, 15) is 18.4 Å². The Balaban J connectivity index is 2.08. The molecule has 0 aliphatic rings. The van der Waals surface area contributed by atoms with Crippen LogP contribution < -0.4 is 5.32 Å². The first-order valence-electron chi connectivity index (χ1n) is 7.56. The van der Waals surface area contributed by atoms with E-state index >= 15 is 0 Å². The fourth-order valence-corrected chi connectivity index (χ4v) is 2.17. The molecule has 2 aromatic carbocycles. The van der Waals surface area contributed by atoms with E-state index in [4.69, 9.17) is 0 Å². The first kappa shape index (κ1) is 18.3. The Labute approximate surface area is 144 Å². The molecule has 0 radical (unpaired) electrons. The second-order valence-electron chi connectivity index (χ2n) is 5.22. The lowest BCUT2D eigenvalue weighted by atomic mass is 10.1. The van der Waals surface area contributed by atoms with Gasteiger partial charge in [0, 0.05) is 6.07 Å². The van der Waals surface area contributed by atoms with Crippen molar-refractivity contribution in [3.05, 3.63) is 77.4 Å². The number of hydrogen-bond acceptors (Lipinski definition) is 3. The molecule has 0 aliphatic carbocycles. The number of rotatable bonds is 6. The van der Waals surface area contributed by atoms with Crippen LogP contribution in [0.15, 0.2) is 54.6 Å². The molecule has 4 nitrogen and oxygen atoms in total. The van der Waals surface area contributed by atoms with Crippen LogP contribution in [0.4, 0.5) is 8.78 Å². The van der Waals surface area contributed by atoms with Crippen molar-refractivity contribution in [2.45, 2.75) is 12.5 Å². The molecule has 0 aromatic heterocycles. The Morgan fingerprint density at radius 3 is 2.52 bits per heavy atom. The highest BCUT2D eigenvalue weighted by Crippen LogP contribution is 2.11. The topological polar surface area (TPSA) is 55.4 Å². The van der Waals surface area contributed by atoms with E-state index in [0.29, 0.717) is 6.07 Å². The number of ether oxygens (including phenoxy) is 1. The molecule has 2 rings (SSSR count). The van der Waals surface area contributed by atoms with Gasteiger partial charge in [0.15, 0.2) is 0 Å². The first-order chi connectivity index (χ1) is 12.0. The van der Waals surface area contributed by atoms with Gasteiger partial charge >= 0.3 is 5.97 Å². The van der Waals surface area contributed by atoms with Gasteiger partial charge in [0.05, 0.1) is 12.7 Å². The van der Waals surface area contributed by atoms with Crippen molar-refractivity contribution in [1.82, 2.24) is 5.32 Å². The molecule has 0 saturated carbocycles. The summed E-state index contributed by atoms with van der Waals surface area (Å²) in [4.78, 5) is 24.0. The van der Waals surface area contributed by atoms with Gasteiger partial charge in [-0.05, 0) is 24.1 Å². The Bertz CT molecular complexity index is 775. The lowest BCUT2D eigenvalue weighted by Gasteiger charge is -2.15. The number of benzene rings is 2. The molecule has 0 heterocycles. The number of nitrogens with one attached hydrogen (secondary N) is 1. The molecule has 1 atom stereocenters. The minimum absolute atomic E-state index is 0.163. The van der Waals surface area contributed by atoms with E-state index in [-0.39, 0.29) is 12.0 Å². The maximum absolute atomic E-state index is 13.7. The average molecular weight is 345 g/mol. The smallest absolute Gasteiger partial charge is 0.328 e. The molecule has 0 aliphatic heterocycles. The van der Waals surface area contributed by atoms with Crippen molar-refractivity contribution in [3.63, 3.8) is 0 Å². The minimum atomic E-state index is -0.999. The number of esters is 1. The maximum Gasteiger partial charge on any atom is 0.328 e. The summed E-state index contributed by atoms with van der Waals surface area (Å²) < 4.78 is 31.3.